The van der Waals surface area contributed by atoms with Crippen LogP contribution in [0.15, 0.2) is 27.7 Å². The Bertz CT molecular complexity index is 870. The molecule has 1 N–H and O–H groups in total. The number of amides is 2. The molecule has 0 aliphatic carbocycles. The van der Waals surface area contributed by atoms with Crippen LogP contribution in [0.5, 0.6) is 0 Å². The van der Waals surface area contributed by atoms with Crippen LogP contribution in [0.2, 0.25) is 0 Å². The molecule has 0 spiro atoms. The van der Waals surface area contributed by atoms with Gasteiger partial charge < -0.3 is 14.8 Å². The molecule has 29 heavy (non-hydrogen) atoms. The third kappa shape index (κ3) is 4.30. The number of hydrogen-bond donors (Lipinski definition) is 1. The molecule has 9 heteroatoms. The molecule has 2 heterocycles. The minimum absolute atomic E-state index is 0.00183. The monoisotopic (exact) mass is 469 g/mol. The molecule has 0 unspecified atom stereocenters. The third-order valence-corrected chi connectivity index (χ3v) is 5.53. The van der Waals surface area contributed by atoms with Gasteiger partial charge in [0.25, 0.3) is 0 Å². The number of carbonyl (C=O) groups is 2. The number of guanidine groups is 1. The summed E-state index contributed by atoms with van der Waals surface area (Å²) in [6.07, 6.45) is -0.595. The highest BCUT2D eigenvalue weighted by atomic mass is 79.9. The van der Waals surface area contributed by atoms with Crippen LogP contribution in [0, 0.1) is 11.7 Å². The lowest BCUT2D eigenvalue weighted by atomic mass is 9.72. The van der Waals surface area contributed by atoms with Gasteiger partial charge in [0, 0.05) is 17.1 Å². The van der Waals surface area contributed by atoms with Crippen LogP contribution in [-0.2, 0) is 19.8 Å². The Labute approximate surface area is 177 Å². The topological polar surface area (TPSA) is 80.2 Å². The number of fused-ring (bicyclic) bond motifs is 1. The second kappa shape index (κ2) is 7.68. The summed E-state index contributed by atoms with van der Waals surface area (Å²) in [4.78, 5) is 30.7. The molecular formula is C20H25BrFN3O4. The first kappa shape index (κ1) is 21.7. The zero-order chi connectivity index (χ0) is 21.6. The van der Waals surface area contributed by atoms with Crippen LogP contribution in [0.3, 0.4) is 0 Å². The lowest BCUT2D eigenvalue weighted by Gasteiger charge is -2.51. The smallest absolute Gasteiger partial charge is 0.437 e. The third-order valence-electron chi connectivity index (χ3n) is 5.04. The first-order chi connectivity index (χ1) is 13.4. The molecule has 2 saturated heterocycles. The van der Waals surface area contributed by atoms with Gasteiger partial charge in [-0.05, 0) is 52.3 Å². The number of benzene rings is 1. The summed E-state index contributed by atoms with van der Waals surface area (Å²) in [7, 11) is 1.53. The van der Waals surface area contributed by atoms with Crippen molar-refractivity contribution < 1.29 is 23.5 Å². The van der Waals surface area contributed by atoms with E-state index in [2.05, 4.69) is 26.2 Å². The molecule has 0 aromatic heterocycles. The Balaban J connectivity index is 2.09. The molecule has 158 valence electrons. The van der Waals surface area contributed by atoms with Crippen molar-refractivity contribution in [1.29, 1.82) is 0 Å². The maximum Gasteiger partial charge on any atom is 0.437 e. The van der Waals surface area contributed by atoms with E-state index in [9.17, 15) is 14.0 Å². The summed E-state index contributed by atoms with van der Waals surface area (Å²) in [5.41, 5.74) is -1.65. The van der Waals surface area contributed by atoms with Crippen molar-refractivity contribution in [3.63, 3.8) is 0 Å². The molecule has 0 saturated carbocycles. The minimum atomic E-state index is -1.19. The van der Waals surface area contributed by atoms with Crippen LogP contribution in [0.25, 0.3) is 0 Å². The summed E-state index contributed by atoms with van der Waals surface area (Å²) in [6, 6.07) is 4.54. The maximum atomic E-state index is 14.9. The van der Waals surface area contributed by atoms with Gasteiger partial charge in [-0.1, -0.05) is 15.9 Å². The molecule has 7 nitrogen and oxygen atoms in total. The molecule has 3 rings (SSSR count). The molecule has 1 aromatic rings. The number of nitrogens with one attached hydrogen (secondary N) is 1. The van der Waals surface area contributed by atoms with Crippen molar-refractivity contribution in [3.05, 3.63) is 34.1 Å². The molecule has 2 fully saturated rings. The lowest BCUT2D eigenvalue weighted by Crippen LogP contribution is -2.69. The summed E-state index contributed by atoms with van der Waals surface area (Å²) in [6.45, 7) is 7.09. The Morgan fingerprint density at radius 1 is 1.45 bits per heavy atom. The highest BCUT2D eigenvalue weighted by Gasteiger charge is 2.55. The fourth-order valence-electron chi connectivity index (χ4n) is 3.68. The largest absolute Gasteiger partial charge is 0.442 e. The van der Waals surface area contributed by atoms with Crippen LogP contribution in [-0.4, -0.2) is 48.2 Å². The Morgan fingerprint density at radius 2 is 2.14 bits per heavy atom. The molecule has 2 aliphatic heterocycles. The van der Waals surface area contributed by atoms with Gasteiger partial charge in [0.05, 0.1) is 18.6 Å². The van der Waals surface area contributed by atoms with Crippen molar-refractivity contribution in [3.8, 4) is 0 Å². The number of aliphatic imine (C=N–C) groups is 1. The van der Waals surface area contributed by atoms with Crippen molar-refractivity contribution in [1.82, 2.24) is 10.2 Å². The highest BCUT2D eigenvalue weighted by molar-refractivity contribution is 9.10. The predicted molar refractivity (Wildman–Crippen MR) is 109 cm³/mol. The van der Waals surface area contributed by atoms with Gasteiger partial charge in [-0.2, -0.15) is 0 Å². The normalized spacial score (nSPS) is 28.7. The first-order valence-corrected chi connectivity index (χ1v) is 10.2. The first-order valence-electron chi connectivity index (χ1n) is 9.37. The SMILES string of the molecule is C[C@H]1C[C@H]2C(=O)N(C)/C(=N/C(=O)OC(C)(C)C)N[C@@]2(c2cc(Br)ccc2F)CO1. The summed E-state index contributed by atoms with van der Waals surface area (Å²) < 4.78 is 26.6. The second-order valence-corrected chi connectivity index (χ2v) is 9.36. The standard InChI is InChI=1S/C20H25BrFN3O4/c1-11-8-14-16(26)25(5)17(23-18(27)29-19(2,3)4)24-20(14,10-28-11)13-9-12(21)6-7-15(13)22/h6-7,9,11,14H,8,10H2,1-5H3,(H,23,24,27)/t11-,14-,20+/m0/s1. The van der Waals surface area contributed by atoms with Gasteiger partial charge in [-0.3, -0.25) is 9.69 Å². The highest BCUT2D eigenvalue weighted by Crippen LogP contribution is 2.43. The van der Waals surface area contributed by atoms with Gasteiger partial charge in [0.15, 0.2) is 0 Å². The second-order valence-electron chi connectivity index (χ2n) is 8.44. The molecular weight excluding hydrogens is 445 g/mol. The number of carbonyl (C=O) groups excluding carboxylic acids is 2. The lowest BCUT2D eigenvalue weighted by molar-refractivity contribution is -0.148. The van der Waals surface area contributed by atoms with E-state index in [-0.39, 0.29) is 30.1 Å². The summed E-state index contributed by atoms with van der Waals surface area (Å²) in [5.74, 6) is -1.32. The number of nitrogens with zero attached hydrogens (tertiary/aromatic N) is 2. The van der Waals surface area contributed by atoms with Crippen molar-refractivity contribution >= 4 is 33.9 Å². The quantitative estimate of drug-likeness (QED) is 0.679. The van der Waals surface area contributed by atoms with Gasteiger partial charge >= 0.3 is 6.09 Å². The number of halogens is 2. The van der Waals surface area contributed by atoms with E-state index >= 15 is 0 Å². The van der Waals surface area contributed by atoms with Crippen LogP contribution < -0.4 is 5.32 Å². The molecule has 3 atom stereocenters. The van der Waals surface area contributed by atoms with E-state index in [4.69, 9.17) is 9.47 Å². The van der Waals surface area contributed by atoms with E-state index in [0.717, 1.165) is 0 Å². The molecule has 2 aliphatic rings. The molecule has 2 amide bonds. The Hall–Kier alpha value is -2.00. The average molecular weight is 470 g/mol. The zero-order valence-corrected chi connectivity index (χ0v) is 18.7. The fraction of sp³-hybridized carbons (Fsp3) is 0.550. The van der Waals surface area contributed by atoms with Gasteiger partial charge in [0.2, 0.25) is 11.9 Å². The van der Waals surface area contributed by atoms with Gasteiger partial charge in [-0.15, -0.1) is 4.99 Å². The van der Waals surface area contributed by atoms with E-state index in [0.29, 0.717) is 10.9 Å². The maximum absolute atomic E-state index is 14.9. The number of ether oxygens (including phenoxy) is 2. The van der Waals surface area contributed by atoms with Crippen LogP contribution in [0.4, 0.5) is 9.18 Å². The van der Waals surface area contributed by atoms with Crippen molar-refractivity contribution in [2.75, 3.05) is 13.7 Å². The number of rotatable bonds is 1. The molecule has 0 radical (unpaired) electrons. The Morgan fingerprint density at radius 3 is 2.79 bits per heavy atom. The van der Waals surface area contributed by atoms with E-state index in [1.54, 1.807) is 32.9 Å². The van der Waals surface area contributed by atoms with Crippen molar-refractivity contribution in [2.45, 2.75) is 51.4 Å². The van der Waals surface area contributed by atoms with E-state index < -0.39 is 29.0 Å². The predicted octanol–water partition coefficient (Wildman–Crippen LogP) is 3.56. The van der Waals surface area contributed by atoms with Crippen LogP contribution in [0.1, 0.15) is 39.7 Å². The summed E-state index contributed by atoms with van der Waals surface area (Å²) in [5, 5.41) is 3.14. The fourth-order valence-corrected chi connectivity index (χ4v) is 4.04. The minimum Gasteiger partial charge on any atom is -0.442 e. The van der Waals surface area contributed by atoms with E-state index in [1.165, 1.54) is 18.0 Å². The average Bonchev–Trinajstić information content (AvgIpc) is 2.61. The summed E-state index contributed by atoms with van der Waals surface area (Å²) >= 11 is 3.37. The van der Waals surface area contributed by atoms with Crippen LogP contribution >= 0.6 is 15.9 Å². The van der Waals surface area contributed by atoms with Gasteiger partial charge in [0.1, 0.15) is 17.0 Å². The van der Waals surface area contributed by atoms with Crippen molar-refractivity contribution in [2.24, 2.45) is 10.9 Å². The van der Waals surface area contributed by atoms with E-state index in [1.807, 2.05) is 6.92 Å². The zero-order valence-electron chi connectivity index (χ0n) is 17.1. The van der Waals surface area contributed by atoms with Gasteiger partial charge in [-0.25, -0.2) is 9.18 Å². The number of hydrogen-bond acceptors (Lipinski definition) is 4. The molecule has 0 bridgehead atoms. The molecule has 1 aromatic carbocycles. The Kier molecular flexibility index (Phi) is 5.75.